The zero-order valence-electron chi connectivity index (χ0n) is 6.06. The van der Waals surface area contributed by atoms with Gasteiger partial charge in [-0.15, -0.1) is 0 Å². The predicted molar refractivity (Wildman–Crippen MR) is 33.4 cm³/mol. The lowest BCUT2D eigenvalue weighted by Crippen LogP contribution is -2.43. The molecule has 0 atom stereocenters. The minimum Gasteiger partial charge on any atom is -0.292 e. The molecule has 62 valence electrons. The zero-order valence-corrected chi connectivity index (χ0v) is 6.06. The maximum absolute atomic E-state index is 12.5. The van der Waals surface area contributed by atoms with Gasteiger partial charge in [0, 0.05) is 12.8 Å². The molecule has 1 fully saturated rings. The van der Waals surface area contributed by atoms with Crippen LogP contribution in [0.3, 0.4) is 0 Å². The standard InChI is InChI=1S/C7H8F2O2/c1-4-2-5(10)7(8,9)6(11)3-4/h4H,2-3H2,1H3. The highest BCUT2D eigenvalue weighted by Crippen LogP contribution is 2.29. The van der Waals surface area contributed by atoms with Crippen molar-refractivity contribution in [3.63, 3.8) is 0 Å². The molecule has 1 aliphatic carbocycles. The molecule has 0 unspecified atom stereocenters. The first-order valence-electron chi connectivity index (χ1n) is 3.39. The monoisotopic (exact) mass is 162 g/mol. The third-order valence-corrected chi connectivity index (χ3v) is 1.77. The van der Waals surface area contributed by atoms with Gasteiger partial charge in [-0.05, 0) is 5.92 Å². The average Bonchev–Trinajstić information content (AvgIpc) is 1.84. The number of Topliss-reactive ketones (excluding diaryl/α,β-unsaturated/α-hetero) is 2. The van der Waals surface area contributed by atoms with Crippen LogP contribution in [0.4, 0.5) is 8.78 Å². The molecule has 2 nitrogen and oxygen atoms in total. The van der Waals surface area contributed by atoms with E-state index in [1.165, 1.54) is 0 Å². The van der Waals surface area contributed by atoms with E-state index in [1.807, 2.05) is 0 Å². The molecule has 0 radical (unpaired) electrons. The van der Waals surface area contributed by atoms with E-state index in [9.17, 15) is 18.4 Å². The molecular formula is C7H8F2O2. The summed E-state index contributed by atoms with van der Waals surface area (Å²) in [7, 11) is 0. The van der Waals surface area contributed by atoms with E-state index in [0.717, 1.165) is 0 Å². The summed E-state index contributed by atoms with van der Waals surface area (Å²) < 4.78 is 24.9. The van der Waals surface area contributed by atoms with E-state index in [4.69, 9.17) is 0 Å². The molecule has 0 heterocycles. The molecule has 0 aromatic heterocycles. The Kier molecular flexibility index (Phi) is 1.78. The van der Waals surface area contributed by atoms with Gasteiger partial charge in [-0.2, -0.15) is 8.78 Å². The Bertz CT molecular complexity index is 190. The van der Waals surface area contributed by atoms with Gasteiger partial charge in [-0.1, -0.05) is 6.92 Å². The smallest absolute Gasteiger partial charge is 0.292 e. The Labute approximate surface area is 62.6 Å². The first kappa shape index (κ1) is 8.30. The van der Waals surface area contributed by atoms with Crippen molar-refractivity contribution in [1.29, 1.82) is 0 Å². The maximum atomic E-state index is 12.5. The highest BCUT2D eigenvalue weighted by Gasteiger charge is 2.49. The highest BCUT2D eigenvalue weighted by molar-refractivity contribution is 6.10. The Hall–Kier alpha value is -0.800. The third kappa shape index (κ3) is 1.29. The number of carbonyl (C=O) groups excluding carboxylic acids is 2. The van der Waals surface area contributed by atoms with Crippen LogP contribution in [-0.4, -0.2) is 17.5 Å². The molecule has 0 N–H and O–H groups in total. The van der Waals surface area contributed by atoms with Crippen LogP contribution in [0.5, 0.6) is 0 Å². The van der Waals surface area contributed by atoms with Gasteiger partial charge >= 0.3 is 5.92 Å². The Morgan fingerprint density at radius 1 is 1.27 bits per heavy atom. The van der Waals surface area contributed by atoms with E-state index in [-0.39, 0.29) is 18.8 Å². The molecule has 0 aromatic carbocycles. The predicted octanol–water partition coefficient (Wildman–Crippen LogP) is 1.19. The molecule has 1 rings (SSSR count). The largest absolute Gasteiger partial charge is 0.362 e. The van der Waals surface area contributed by atoms with Gasteiger partial charge in [0.25, 0.3) is 0 Å². The molecule has 0 saturated heterocycles. The maximum Gasteiger partial charge on any atom is 0.362 e. The number of carbonyl (C=O) groups is 2. The Morgan fingerprint density at radius 3 is 2.00 bits per heavy atom. The van der Waals surface area contributed by atoms with E-state index in [1.54, 1.807) is 6.92 Å². The highest BCUT2D eigenvalue weighted by atomic mass is 19.3. The quantitative estimate of drug-likeness (QED) is 0.501. The Balaban J connectivity index is 2.84. The lowest BCUT2D eigenvalue weighted by Gasteiger charge is -2.22. The summed E-state index contributed by atoms with van der Waals surface area (Å²) in [6, 6.07) is 0. The fraction of sp³-hybridized carbons (Fsp3) is 0.714. The van der Waals surface area contributed by atoms with E-state index in [2.05, 4.69) is 0 Å². The van der Waals surface area contributed by atoms with Gasteiger partial charge in [-0.3, -0.25) is 9.59 Å². The zero-order chi connectivity index (χ0) is 8.65. The number of alkyl halides is 2. The van der Waals surface area contributed by atoms with Crippen LogP contribution in [0.15, 0.2) is 0 Å². The molecular weight excluding hydrogens is 154 g/mol. The van der Waals surface area contributed by atoms with Gasteiger partial charge < -0.3 is 0 Å². The molecule has 1 saturated carbocycles. The summed E-state index contributed by atoms with van der Waals surface area (Å²) >= 11 is 0. The van der Waals surface area contributed by atoms with Crippen molar-refractivity contribution in [1.82, 2.24) is 0 Å². The van der Waals surface area contributed by atoms with Gasteiger partial charge in [0.15, 0.2) is 0 Å². The summed E-state index contributed by atoms with van der Waals surface area (Å²) in [5.74, 6) is -6.40. The number of rotatable bonds is 0. The minimum absolute atomic E-state index is 0.182. The number of halogens is 2. The lowest BCUT2D eigenvalue weighted by molar-refractivity contribution is -0.161. The number of hydrogen-bond acceptors (Lipinski definition) is 2. The summed E-state index contributed by atoms with van der Waals surface area (Å²) in [6.07, 6.45) is -0.364. The molecule has 11 heavy (non-hydrogen) atoms. The lowest BCUT2D eigenvalue weighted by atomic mass is 9.86. The van der Waals surface area contributed by atoms with E-state index >= 15 is 0 Å². The normalized spacial score (nSPS) is 25.7. The molecule has 1 aliphatic rings. The van der Waals surface area contributed by atoms with Crippen LogP contribution in [0, 0.1) is 5.92 Å². The average molecular weight is 162 g/mol. The van der Waals surface area contributed by atoms with Crippen molar-refractivity contribution >= 4 is 11.6 Å². The van der Waals surface area contributed by atoms with Crippen LogP contribution in [0.1, 0.15) is 19.8 Å². The van der Waals surface area contributed by atoms with Crippen molar-refractivity contribution in [2.45, 2.75) is 25.7 Å². The topological polar surface area (TPSA) is 34.1 Å². The van der Waals surface area contributed by atoms with E-state index < -0.39 is 17.5 Å². The van der Waals surface area contributed by atoms with Crippen molar-refractivity contribution < 1.29 is 18.4 Å². The van der Waals surface area contributed by atoms with Crippen molar-refractivity contribution in [3.8, 4) is 0 Å². The van der Waals surface area contributed by atoms with Crippen LogP contribution in [0.2, 0.25) is 0 Å². The second-order valence-electron chi connectivity index (χ2n) is 2.93. The van der Waals surface area contributed by atoms with Crippen LogP contribution >= 0.6 is 0 Å². The van der Waals surface area contributed by atoms with Gasteiger partial charge in [0.05, 0.1) is 0 Å². The molecule has 0 bridgehead atoms. The van der Waals surface area contributed by atoms with Crippen LogP contribution in [-0.2, 0) is 9.59 Å². The van der Waals surface area contributed by atoms with E-state index in [0.29, 0.717) is 0 Å². The fourth-order valence-corrected chi connectivity index (χ4v) is 1.12. The third-order valence-electron chi connectivity index (χ3n) is 1.77. The van der Waals surface area contributed by atoms with Crippen molar-refractivity contribution in [2.24, 2.45) is 5.92 Å². The first-order valence-corrected chi connectivity index (χ1v) is 3.39. The SMILES string of the molecule is CC1CC(=O)C(F)(F)C(=O)C1. The van der Waals surface area contributed by atoms with Crippen molar-refractivity contribution in [3.05, 3.63) is 0 Å². The summed E-state index contributed by atoms with van der Waals surface area (Å²) in [6.45, 7) is 1.62. The molecule has 0 aliphatic heterocycles. The van der Waals surface area contributed by atoms with Gasteiger partial charge in [0.1, 0.15) is 0 Å². The molecule has 0 aromatic rings. The molecule has 0 spiro atoms. The fourth-order valence-electron chi connectivity index (χ4n) is 1.12. The summed E-state index contributed by atoms with van der Waals surface area (Å²) in [4.78, 5) is 21.1. The van der Waals surface area contributed by atoms with Crippen LogP contribution < -0.4 is 0 Å². The number of ketones is 2. The van der Waals surface area contributed by atoms with Crippen molar-refractivity contribution in [2.75, 3.05) is 0 Å². The molecule has 0 amide bonds. The summed E-state index contributed by atoms with van der Waals surface area (Å²) in [5, 5.41) is 0. The van der Waals surface area contributed by atoms with Gasteiger partial charge in [-0.25, -0.2) is 0 Å². The second-order valence-corrected chi connectivity index (χ2v) is 2.93. The Morgan fingerprint density at radius 2 is 1.64 bits per heavy atom. The minimum atomic E-state index is -3.70. The second kappa shape index (κ2) is 2.36. The first-order chi connectivity index (χ1) is 4.94. The number of hydrogen-bond donors (Lipinski definition) is 0. The molecule has 4 heteroatoms. The van der Waals surface area contributed by atoms with Gasteiger partial charge in [0.2, 0.25) is 11.6 Å². The van der Waals surface area contributed by atoms with Crippen LogP contribution in [0.25, 0.3) is 0 Å². The summed E-state index contributed by atoms with van der Waals surface area (Å²) in [5.41, 5.74) is 0.